The summed E-state index contributed by atoms with van der Waals surface area (Å²) in [6.07, 6.45) is 6.13. The quantitative estimate of drug-likeness (QED) is 0.774. The van der Waals surface area contributed by atoms with Crippen LogP contribution in [-0.4, -0.2) is 18.1 Å². The maximum atomic E-state index is 4.20. The molecule has 1 aromatic carbocycles. The average molecular weight is 214 g/mol. The Hall–Kier alpha value is -1.41. The van der Waals surface area contributed by atoms with Crippen LogP contribution < -0.4 is 5.32 Å². The summed E-state index contributed by atoms with van der Waals surface area (Å²) in [6.45, 7) is 4.28. The number of rotatable bonds is 5. The van der Waals surface area contributed by atoms with Crippen molar-refractivity contribution in [1.29, 1.82) is 0 Å². The van der Waals surface area contributed by atoms with Gasteiger partial charge in [-0.1, -0.05) is 25.1 Å². The highest BCUT2D eigenvalue weighted by Crippen LogP contribution is 2.18. The van der Waals surface area contributed by atoms with Crippen molar-refractivity contribution in [2.24, 2.45) is 0 Å². The van der Waals surface area contributed by atoms with E-state index in [1.807, 2.05) is 12.4 Å². The Labute approximate surface area is 96.7 Å². The Bertz CT molecular complexity index is 446. The highest BCUT2D eigenvalue weighted by atomic mass is 14.8. The molecule has 0 spiro atoms. The highest BCUT2D eigenvalue weighted by Gasteiger charge is 1.99. The number of benzene rings is 1. The van der Waals surface area contributed by atoms with Crippen LogP contribution >= 0.6 is 0 Å². The standard InChI is InChI=1S/C14H18N2/c1-2-15-9-4-7-12-5-3-6-13-8-10-16-11-14(12)13/h3,5-6,8,10-11,15H,2,4,7,9H2,1H3. The number of hydrogen-bond donors (Lipinski definition) is 1. The van der Waals surface area contributed by atoms with Gasteiger partial charge in [-0.15, -0.1) is 0 Å². The Morgan fingerprint density at radius 2 is 2.19 bits per heavy atom. The molecule has 1 heterocycles. The van der Waals surface area contributed by atoms with Crippen molar-refractivity contribution < 1.29 is 0 Å². The van der Waals surface area contributed by atoms with Gasteiger partial charge in [-0.2, -0.15) is 0 Å². The summed E-state index contributed by atoms with van der Waals surface area (Å²) in [5.41, 5.74) is 1.41. The molecule has 0 saturated carbocycles. The number of nitrogens with one attached hydrogen (secondary N) is 1. The monoisotopic (exact) mass is 214 g/mol. The Morgan fingerprint density at radius 3 is 3.06 bits per heavy atom. The van der Waals surface area contributed by atoms with Crippen LogP contribution in [0.3, 0.4) is 0 Å². The molecule has 0 fully saturated rings. The number of fused-ring (bicyclic) bond motifs is 1. The van der Waals surface area contributed by atoms with Gasteiger partial charge in [-0.25, -0.2) is 0 Å². The lowest BCUT2D eigenvalue weighted by Gasteiger charge is -2.06. The molecule has 16 heavy (non-hydrogen) atoms. The van der Waals surface area contributed by atoms with Crippen LogP contribution in [0.15, 0.2) is 36.7 Å². The van der Waals surface area contributed by atoms with E-state index >= 15 is 0 Å². The predicted molar refractivity (Wildman–Crippen MR) is 68.6 cm³/mol. The van der Waals surface area contributed by atoms with Crippen LogP contribution in [0.1, 0.15) is 18.9 Å². The second-order valence-corrected chi connectivity index (χ2v) is 3.97. The number of aromatic nitrogens is 1. The second kappa shape index (κ2) is 5.61. The molecule has 0 unspecified atom stereocenters. The fraction of sp³-hybridized carbons (Fsp3) is 0.357. The third-order valence-electron chi connectivity index (χ3n) is 2.82. The van der Waals surface area contributed by atoms with Crippen molar-refractivity contribution >= 4 is 10.8 Å². The topological polar surface area (TPSA) is 24.9 Å². The average Bonchev–Trinajstić information content (AvgIpc) is 2.35. The lowest BCUT2D eigenvalue weighted by molar-refractivity contribution is 0.674. The molecule has 0 bridgehead atoms. The fourth-order valence-corrected chi connectivity index (χ4v) is 1.98. The number of hydrogen-bond acceptors (Lipinski definition) is 2. The van der Waals surface area contributed by atoms with E-state index in [-0.39, 0.29) is 0 Å². The zero-order chi connectivity index (χ0) is 11.2. The van der Waals surface area contributed by atoms with Gasteiger partial charge in [0.1, 0.15) is 0 Å². The van der Waals surface area contributed by atoms with E-state index in [2.05, 4.69) is 41.5 Å². The lowest BCUT2D eigenvalue weighted by atomic mass is 10.0. The zero-order valence-corrected chi connectivity index (χ0v) is 9.74. The summed E-state index contributed by atoms with van der Waals surface area (Å²) < 4.78 is 0. The normalized spacial score (nSPS) is 10.8. The van der Waals surface area contributed by atoms with Crippen molar-refractivity contribution in [3.63, 3.8) is 0 Å². The number of pyridine rings is 1. The summed E-state index contributed by atoms with van der Waals surface area (Å²) in [7, 11) is 0. The van der Waals surface area contributed by atoms with E-state index in [0.29, 0.717) is 0 Å². The summed E-state index contributed by atoms with van der Waals surface area (Å²) >= 11 is 0. The van der Waals surface area contributed by atoms with E-state index in [0.717, 1.165) is 19.5 Å². The highest BCUT2D eigenvalue weighted by molar-refractivity contribution is 5.84. The molecule has 0 amide bonds. The van der Waals surface area contributed by atoms with Gasteiger partial charge in [0.25, 0.3) is 0 Å². The lowest BCUT2D eigenvalue weighted by Crippen LogP contribution is -2.14. The molecular formula is C14H18N2. The van der Waals surface area contributed by atoms with Gasteiger partial charge in [0.05, 0.1) is 0 Å². The van der Waals surface area contributed by atoms with E-state index < -0.39 is 0 Å². The molecule has 1 N–H and O–H groups in total. The van der Waals surface area contributed by atoms with Crippen molar-refractivity contribution in [3.05, 3.63) is 42.2 Å². The maximum Gasteiger partial charge on any atom is 0.0349 e. The van der Waals surface area contributed by atoms with E-state index in [1.165, 1.54) is 22.8 Å². The minimum absolute atomic E-state index is 1.05. The van der Waals surface area contributed by atoms with Crippen LogP contribution in [0, 0.1) is 0 Å². The third kappa shape index (κ3) is 2.58. The molecule has 1 aromatic heterocycles. The van der Waals surface area contributed by atoms with Crippen molar-refractivity contribution in [1.82, 2.24) is 10.3 Å². The minimum Gasteiger partial charge on any atom is -0.317 e. The van der Waals surface area contributed by atoms with Crippen LogP contribution in [0.25, 0.3) is 10.8 Å². The first-order valence-electron chi connectivity index (χ1n) is 5.94. The molecule has 2 nitrogen and oxygen atoms in total. The molecule has 0 saturated heterocycles. The van der Waals surface area contributed by atoms with Gasteiger partial charge < -0.3 is 5.32 Å². The predicted octanol–water partition coefficient (Wildman–Crippen LogP) is 2.78. The first kappa shape index (κ1) is 11.1. The molecule has 84 valence electrons. The molecule has 0 atom stereocenters. The van der Waals surface area contributed by atoms with E-state index in [4.69, 9.17) is 0 Å². The van der Waals surface area contributed by atoms with Gasteiger partial charge in [0.15, 0.2) is 0 Å². The van der Waals surface area contributed by atoms with E-state index in [9.17, 15) is 0 Å². The fourth-order valence-electron chi connectivity index (χ4n) is 1.98. The third-order valence-corrected chi connectivity index (χ3v) is 2.82. The van der Waals surface area contributed by atoms with Crippen LogP contribution in [0.4, 0.5) is 0 Å². The Morgan fingerprint density at radius 1 is 1.25 bits per heavy atom. The van der Waals surface area contributed by atoms with Crippen molar-refractivity contribution in [3.8, 4) is 0 Å². The van der Waals surface area contributed by atoms with Crippen LogP contribution in [0.5, 0.6) is 0 Å². The number of nitrogens with zero attached hydrogens (tertiary/aromatic N) is 1. The summed E-state index contributed by atoms with van der Waals surface area (Å²) in [4.78, 5) is 4.20. The molecule has 2 heteroatoms. The Kier molecular flexibility index (Phi) is 3.89. The van der Waals surface area contributed by atoms with Crippen LogP contribution in [0.2, 0.25) is 0 Å². The molecule has 2 rings (SSSR count). The second-order valence-electron chi connectivity index (χ2n) is 3.97. The molecule has 0 aliphatic rings. The molecular weight excluding hydrogens is 196 g/mol. The van der Waals surface area contributed by atoms with Gasteiger partial charge in [-0.05, 0) is 42.9 Å². The summed E-state index contributed by atoms with van der Waals surface area (Å²) in [6, 6.07) is 8.55. The first-order valence-corrected chi connectivity index (χ1v) is 5.94. The first-order chi connectivity index (χ1) is 7.92. The molecule has 0 aliphatic carbocycles. The van der Waals surface area contributed by atoms with Crippen molar-refractivity contribution in [2.45, 2.75) is 19.8 Å². The zero-order valence-electron chi connectivity index (χ0n) is 9.74. The summed E-state index contributed by atoms with van der Waals surface area (Å²) in [5.74, 6) is 0. The molecule has 0 aliphatic heterocycles. The minimum atomic E-state index is 1.05. The van der Waals surface area contributed by atoms with Crippen LogP contribution in [-0.2, 0) is 6.42 Å². The molecule has 2 aromatic rings. The van der Waals surface area contributed by atoms with E-state index in [1.54, 1.807) is 0 Å². The maximum absolute atomic E-state index is 4.20. The SMILES string of the molecule is CCNCCCc1cccc2ccncc12. The van der Waals surface area contributed by atoms with Gasteiger partial charge in [0, 0.05) is 17.8 Å². The van der Waals surface area contributed by atoms with Crippen molar-refractivity contribution in [2.75, 3.05) is 13.1 Å². The molecule has 0 radical (unpaired) electrons. The van der Waals surface area contributed by atoms with Gasteiger partial charge >= 0.3 is 0 Å². The number of aryl methyl sites for hydroxylation is 1. The smallest absolute Gasteiger partial charge is 0.0349 e. The largest absolute Gasteiger partial charge is 0.317 e. The Balaban J connectivity index is 2.11. The van der Waals surface area contributed by atoms with Gasteiger partial charge in [0.2, 0.25) is 0 Å². The summed E-state index contributed by atoms with van der Waals surface area (Å²) in [5, 5.41) is 5.93. The van der Waals surface area contributed by atoms with Gasteiger partial charge in [-0.3, -0.25) is 4.98 Å².